The van der Waals surface area contributed by atoms with Gasteiger partial charge in [-0.3, -0.25) is 4.57 Å². The Bertz CT molecular complexity index is 779. The van der Waals surface area contributed by atoms with Gasteiger partial charge < -0.3 is 11.1 Å². The van der Waals surface area contributed by atoms with E-state index < -0.39 is 0 Å². The third-order valence-electron chi connectivity index (χ3n) is 3.33. The molecule has 7 heteroatoms. The molecule has 0 saturated carbocycles. The lowest BCUT2D eigenvalue weighted by atomic mass is 10.2. The zero-order valence-corrected chi connectivity index (χ0v) is 15.6. The molecule has 0 bridgehead atoms. The first-order valence-electron chi connectivity index (χ1n) is 7.27. The van der Waals surface area contributed by atoms with Crippen LogP contribution in [-0.4, -0.2) is 20.5 Å². The normalized spacial score (nSPS) is 11.0. The molecule has 24 heavy (non-hydrogen) atoms. The molecule has 3 rings (SSSR count). The summed E-state index contributed by atoms with van der Waals surface area (Å²) in [7, 11) is 0. The van der Waals surface area contributed by atoms with Crippen molar-refractivity contribution in [2.75, 3.05) is 5.32 Å². The first-order chi connectivity index (χ1) is 11.2. The second-order valence-electron chi connectivity index (χ2n) is 5.19. The Hall–Kier alpha value is -2.42. The summed E-state index contributed by atoms with van der Waals surface area (Å²) in [6, 6.07) is 11.9. The SMILES string of the molecule is Cc1ccc(NC(N)=NCc2ccc(-n3ccnc3)nc2)cc1.I. The quantitative estimate of drug-likeness (QED) is 0.376. The van der Waals surface area contributed by atoms with Crippen molar-refractivity contribution in [3.8, 4) is 5.82 Å². The molecule has 3 N–H and O–H groups in total. The van der Waals surface area contributed by atoms with E-state index in [0.29, 0.717) is 12.5 Å². The lowest BCUT2D eigenvalue weighted by Gasteiger charge is -2.06. The molecule has 6 nitrogen and oxygen atoms in total. The summed E-state index contributed by atoms with van der Waals surface area (Å²) in [6.07, 6.45) is 7.07. The van der Waals surface area contributed by atoms with Crippen LogP contribution in [0.15, 0.2) is 66.3 Å². The zero-order chi connectivity index (χ0) is 16.1. The van der Waals surface area contributed by atoms with Crippen molar-refractivity contribution in [3.63, 3.8) is 0 Å². The Morgan fingerprint density at radius 1 is 1.21 bits per heavy atom. The zero-order valence-electron chi connectivity index (χ0n) is 13.3. The molecular weight excluding hydrogens is 415 g/mol. The van der Waals surface area contributed by atoms with Gasteiger partial charge in [0, 0.05) is 24.3 Å². The molecule has 2 heterocycles. The Morgan fingerprint density at radius 2 is 2.00 bits per heavy atom. The average molecular weight is 434 g/mol. The second kappa shape index (κ2) is 8.44. The van der Waals surface area contributed by atoms with E-state index in [9.17, 15) is 0 Å². The first-order valence-corrected chi connectivity index (χ1v) is 7.27. The Labute approximate surface area is 157 Å². The largest absolute Gasteiger partial charge is 0.370 e. The second-order valence-corrected chi connectivity index (χ2v) is 5.19. The number of pyridine rings is 1. The number of nitrogens with two attached hydrogens (primary N) is 1. The summed E-state index contributed by atoms with van der Waals surface area (Å²) >= 11 is 0. The van der Waals surface area contributed by atoms with E-state index in [1.165, 1.54) is 5.56 Å². The number of hydrogen-bond donors (Lipinski definition) is 2. The molecular formula is C17H19IN6. The van der Waals surface area contributed by atoms with E-state index in [-0.39, 0.29) is 24.0 Å². The van der Waals surface area contributed by atoms with Gasteiger partial charge in [0.25, 0.3) is 0 Å². The topological polar surface area (TPSA) is 81.1 Å². The van der Waals surface area contributed by atoms with Crippen LogP contribution in [0.3, 0.4) is 0 Å². The van der Waals surface area contributed by atoms with Gasteiger partial charge in [-0.25, -0.2) is 15.0 Å². The number of anilines is 1. The Balaban J connectivity index is 0.00000208. The van der Waals surface area contributed by atoms with Gasteiger partial charge in [0.05, 0.1) is 6.54 Å². The number of aliphatic imine (C=N–C) groups is 1. The van der Waals surface area contributed by atoms with E-state index in [1.807, 2.05) is 54.1 Å². The maximum Gasteiger partial charge on any atom is 0.193 e. The van der Waals surface area contributed by atoms with Crippen LogP contribution in [0.1, 0.15) is 11.1 Å². The smallest absolute Gasteiger partial charge is 0.193 e. The summed E-state index contributed by atoms with van der Waals surface area (Å²) in [6.45, 7) is 2.52. The van der Waals surface area contributed by atoms with Crippen molar-refractivity contribution < 1.29 is 0 Å². The van der Waals surface area contributed by atoms with Gasteiger partial charge in [-0.15, -0.1) is 24.0 Å². The van der Waals surface area contributed by atoms with Crippen LogP contribution in [-0.2, 0) is 6.54 Å². The fraction of sp³-hybridized carbons (Fsp3) is 0.118. The molecule has 0 fully saturated rings. The first kappa shape index (κ1) is 17.9. The number of imidazole rings is 1. The molecule has 0 aliphatic heterocycles. The highest BCUT2D eigenvalue weighted by Gasteiger charge is 1.99. The molecule has 124 valence electrons. The van der Waals surface area contributed by atoms with Gasteiger partial charge in [0.15, 0.2) is 5.96 Å². The van der Waals surface area contributed by atoms with Gasteiger partial charge in [0.1, 0.15) is 12.1 Å². The molecule has 0 spiro atoms. The molecule has 0 aliphatic rings. The molecule has 3 aromatic rings. The van der Waals surface area contributed by atoms with Crippen LogP contribution in [0.5, 0.6) is 0 Å². The predicted octanol–water partition coefficient (Wildman–Crippen LogP) is 3.12. The number of rotatable bonds is 4. The van der Waals surface area contributed by atoms with Crippen molar-refractivity contribution in [3.05, 3.63) is 72.4 Å². The fourth-order valence-corrected chi connectivity index (χ4v) is 2.06. The molecule has 1 aromatic carbocycles. The number of aryl methyl sites for hydroxylation is 1. The van der Waals surface area contributed by atoms with Crippen LogP contribution in [0, 0.1) is 6.92 Å². The van der Waals surface area contributed by atoms with Gasteiger partial charge in [-0.2, -0.15) is 0 Å². The van der Waals surface area contributed by atoms with Crippen LogP contribution in [0.25, 0.3) is 5.82 Å². The van der Waals surface area contributed by atoms with Gasteiger partial charge in [-0.1, -0.05) is 23.8 Å². The molecule has 0 atom stereocenters. The van der Waals surface area contributed by atoms with Crippen LogP contribution in [0.2, 0.25) is 0 Å². The number of nitrogens with one attached hydrogen (secondary N) is 1. The molecule has 2 aromatic heterocycles. The summed E-state index contributed by atoms with van der Waals surface area (Å²) in [5.41, 5.74) is 9.02. The van der Waals surface area contributed by atoms with Crippen LogP contribution in [0.4, 0.5) is 5.69 Å². The third-order valence-corrected chi connectivity index (χ3v) is 3.33. The standard InChI is InChI=1S/C17H18N6.HI/c1-13-2-5-15(6-3-13)22-17(18)21-11-14-4-7-16(20-10-14)23-9-8-19-12-23;/h2-10,12H,11H2,1H3,(H3,18,21,22);1H. The van der Waals surface area contributed by atoms with Crippen LogP contribution >= 0.6 is 24.0 Å². The van der Waals surface area contributed by atoms with Crippen molar-refractivity contribution in [2.24, 2.45) is 10.7 Å². The molecule has 0 unspecified atom stereocenters. The third kappa shape index (κ3) is 4.79. The minimum atomic E-state index is 0. The monoisotopic (exact) mass is 434 g/mol. The van der Waals surface area contributed by atoms with E-state index in [4.69, 9.17) is 5.73 Å². The lowest BCUT2D eigenvalue weighted by Crippen LogP contribution is -2.22. The lowest BCUT2D eigenvalue weighted by molar-refractivity contribution is 0.967. The van der Waals surface area contributed by atoms with Gasteiger partial charge >= 0.3 is 0 Å². The van der Waals surface area contributed by atoms with E-state index in [0.717, 1.165) is 17.1 Å². The van der Waals surface area contributed by atoms with E-state index in [2.05, 4.69) is 20.3 Å². The average Bonchev–Trinajstić information content (AvgIpc) is 3.10. The molecule has 0 aliphatic carbocycles. The minimum Gasteiger partial charge on any atom is -0.370 e. The van der Waals surface area contributed by atoms with E-state index in [1.54, 1.807) is 18.7 Å². The van der Waals surface area contributed by atoms with Gasteiger partial charge in [-0.05, 0) is 30.7 Å². The number of hydrogen-bond acceptors (Lipinski definition) is 3. The predicted molar refractivity (Wildman–Crippen MR) is 107 cm³/mol. The summed E-state index contributed by atoms with van der Waals surface area (Å²) in [5.74, 6) is 1.20. The number of nitrogens with zero attached hydrogens (tertiary/aromatic N) is 4. The highest BCUT2D eigenvalue weighted by Crippen LogP contribution is 2.09. The molecule has 0 saturated heterocycles. The Morgan fingerprint density at radius 3 is 2.62 bits per heavy atom. The number of guanidine groups is 1. The van der Waals surface area contributed by atoms with E-state index >= 15 is 0 Å². The summed E-state index contributed by atoms with van der Waals surface area (Å²) in [4.78, 5) is 12.7. The highest BCUT2D eigenvalue weighted by atomic mass is 127. The van der Waals surface area contributed by atoms with Crippen LogP contribution < -0.4 is 11.1 Å². The highest BCUT2D eigenvalue weighted by molar-refractivity contribution is 14.0. The fourth-order valence-electron chi connectivity index (χ4n) is 2.06. The van der Waals surface area contributed by atoms with Crippen molar-refractivity contribution in [1.29, 1.82) is 0 Å². The molecule has 0 radical (unpaired) electrons. The maximum absolute atomic E-state index is 5.90. The van der Waals surface area contributed by atoms with Crippen molar-refractivity contribution in [1.82, 2.24) is 14.5 Å². The summed E-state index contributed by atoms with van der Waals surface area (Å²) in [5, 5.41) is 3.07. The summed E-state index contributed by atoms with van der Waals surface area (Å²) < 4.78 is 1.85. The Kier molecular flexibility index (Phi) is 6.30. The number of benzene rings is 1. The number of halogens is 1. The number of aromatic nitrogens is 3. The van der Waals surface area contributed by atoms with Crippen molar-refractivity contribution >= 4 is 35.6 Å². The maximum atomic E-state index is 5.90. The van der Waals surface area contributed by atoms with Gasteiger partial charge in [0.2, 0.25) is 0 Å². The molecule has 0 amide bonds. The minimum absolute atomic E-state index is 0. The van der Waals surface area contributed by atoms with Crippen molar-refractivity contribution in [2.45, 2.75) is 13.5 Å².